The van der Waals surface area contributed by atoms with Crippen molar-refractivity contribution in [2.24, 2.45) is 0 Å². The van der Waals surface area contributed by atoms with Gasteiger partial charge in [-0.25, -0.2) is 0 Å². The van der Waals surface area contributed by atoms with E-state index in [4.69, 9.17) is 5.73 Å². The maximum atomic E-state index is 5.73. The summed E-state index contributed by atoms with van der Waals surface area (Å²) >= 11 is 0.365. The second-order valence-electron chi connectivity index (χ2n) is 3.42. The Hall–Kier alpha value is 0.649. The van der Waals surface area contributed by atoms with Crippen LogP contribution >= 0.6 is 34.0 Å². The molecule has 15 heavy (non-hydrogen) atoms. The second-order valence-corrected chi connectivity index (χ2v) is 5.76. The summed E-state index contributed by atoms with van der Waals surface area (Å²) in [6.45, 7) is 3.23. The van der Waals surface area contributed by atoms with Gasteiger partial charge < -0.3 is 0 Å². The van der Waals surface area contributed by atoms with E-state index in [0.29, 0.717) is 20.5 Å². The van der Waals surface area contributed by atoms with Gasteiger partial charge in [0.15, 0.2) is 0 Å². The normalized spacial score (nSPS) is 18.6. The number of rotatable bonds is 2. The third-order valence-corrected chi connectivity index (χ3v) is 4.44. The molecule has 0 amide bonds. The van der Waals surface area contributed by atoms with Crippen molar-refractivity contribution in [1.29, 1.82) is 0 Å². The zero-order chi connectivity index (χ0) is 9.26. The number of halogens is 2. The molecule has 1 unspecified atom stereocenters. The Balaban J connectivity index is 0.000000980. The maximum absolute atomic E-state index is 5.73. The molecule has 1 aliphatic carbocycles. The van der Waals surface area contributed by atoms with Crippen LogP contribution in [0.25, 0.3) is 0 Å². The predicted octanol–water partition coefficient (Wildman–Crippen LogP) is 1.34. The minimum absolute atomic E-state index is 0. The topological polar surface area (TPSA) is 50.9 Å². The van der Waals surface area contributed by atoms with Gasteiger partial charge in [0, 0.05) is 0 Å². The molecule has 1 atom stereocenters. The zero-order valence-electron chi connectivity index (χ0n) is 8.66. The van der Waals surface area contributed by atoms with E-state index in [1.807, 2.05) is 0 Å². The molecule has 2 rings (SSSR count). The molecule has 0 spiro atoms. The summed E-state index contributed by atoms with van der Waals surface area (Å²) in [6.07, 6.45) is 3.52. The average Bonchev–Trinajstić information content (AvgIpc) is 2.44. The Morgan fingerprint density at radius 2 is 2.27 bits per heavy atom. The third kappa shape index (κ3) is 3.86. The van der Waals surface area contributed by atoms with Crippen LogP contribution in [0.15, 0.2) is 0 Å². The molecule has 0 radical (unpaired) electrons. The SMILES string of the molecule is Br.Br.CCNC1CCc2nc(N)[se]c2C1. The fraction of sp³-hybridized carbons (Fsp3) is 0.667. The number of aromatic nitrogens is 1. The van der Waals surface area contributed by atoms with Crippen molar-refractivity contribution in [2.75, 3.05) is 12.3 Å². The van der Waals surface area contributed by atoms with Gasteiger partial charge in [-0.3, -0.25) is 0 Å². The standard InChI is InChI=1S/C9H15N3Se.2BrH/c1-2-11-6-3-4-7-8(5-6)13-9(10)12-7;;/h6,11H,2-5H2,1H3,(H2,10,12);2*1H. The predicted molar refractivity (Wildman–Crippen MR) is 75.7 cm³/mol. The van der Waals surface area contributed by atoms with Gasteiger partial charge in [0.25, 0.3) is 0 Å². The monoisotopic (exact) mass is 405 g/mol. The van der Waals surface area contributed by atoms with Crippen LogP contribution in [0.1, 0.15) is 23.5 Å². The molecule has 0 fully saturated rings. The van der Waals surface area contributed by atoms with Gasteiger partial charge in [-0.05, 0) is 0 Å². The molecular formula is C9H17Br2N3Se. The summed E-state index contributed by atoms with van der Waals surface area (Å²) in [5.74, 6) is 0. The number of nitrogen functional groups attached to an aromatic ring is 1. The van der Waals surface area contributed by atoms with Gasteiger partial charge >= 0.3 is 84.1 Å². The van der Waals surface area contributed by atoms with E-state index in [-0.39, 0.29) is 34.0 Å². The van der Waals surface area contributed by atoms with Gasteiger partial charge in [0.2, 0.25) is 0 Å². The van der Waals surface area contributed by atoms with Crippen LogP contribution in [0.3, 0.4) is 0 Å². The molecule has 1 aliphatic rings. The Bertz CT molecular complexity index is 304. The number of aryl methyl sites for hydroxylation is 1. The Morgan fingerprint density at radius 1 is 1.53 bits per heavy atom. The van der Waals surface area contributed by atoms with Crippen molar-refractivity contribution >= 4 is 53.2 Å². The molecule has 1 aromatic rings. The molecular weight excluding hydrogens is 389 g/mol. The van der Waals surface area contributed by atoms with Gasteiger partial charge in [-0.2, -0.15) is 0 Å². The van der Waals surface area contributed by atoms with E-state index >= 15 is 0 Å². The summed E-state index contributed by atoms with van der Waals surface area (Å²) in [5, 5.41) is 3.50. The summed E-state index contributed by atoms with van der Waals surface area (Å²) in [4.78, 5) is 4.38. The first-order valence-electron chi connectivity index (χ1n) is 4.77. The van der Waals surface area contributed by atoms with Gasteiger partial charge in [0.05, 0.1) is 0 Å². The average molecular weight is 406 g/mol. The summed E-state index contributed by atoms with van der Waals surface area (Å²) in [6, 6.07) is 0.673. The molecule has 1 heterocycles. The van der Waals surface area contributed by atoms with Crippen LogP contribution in [-0.2, 0) is 12.8 Å². The van der Waals surface area contributed by atoms with Crippen molar-refractivity contribution in [3.63, 3.8) is 0 Å². The number of nitrogens with zero attached hydrogens (tertiary/aromatic N) is 1. The first-order valence-corrected chi connectivity index (χ1v) is 6.48. The number of anilines is 1. The number of fused-ring (bicyclic) bond motifs is 1. The molecule has 3 N–H and O–H groups in total. The fourth-order valence-electron chi connectivity index (χ4n) is 1.86. The molecule has 0 saturated carbocycles. The molecule has 88 valence electrons. The number of nitrogens with two attached hydrogens (primary N) is 1. The summed E-state index contributed by atoms with van der Waals surface area (Å²) in [7, 11) is 0. The fourth-order valence-corrected chi connectivity index (χ4v) is 3.87. The Kier molecular flexibility index (Phi) is 7.37. The summed E-state index contributed by atoms with van der Waals surface area (Å²) < 4.78 is 2.40. The molecule has 6 heteroatoms. The minimum atomic E-state index is 0. The van der Waals surface area contributed by atoms with Crippen molar-refractivity contribution < 1.29 is 0 Å². The van der Waals surface area contributed by atoms with Crippen molar-refractivity contribution in [3.8, 4) is 0 Å². The van der Waals surface area contributed by atoms with Crippen LogP contribution in [0.4, 0.5) is 4.69 Å². The Labute approximate surface area is 118 Å². The van der Waals surface area contributed by atoms with E-state index in [1.54, 1.807) is 0 Å². The van der Waals surface area contributed by atoms with Gasteiger partial charge in [0.1, 0.15) is 0 Å². The molecule has 3 nitrogen and oxygen atoms in total. The number of hydrogen-bond acceptors (Lipinski definition) is 3. The molecule has 0 bridgehead atoms. The summed E-state index contributed by atoms with van der Waals surface area (Å²) in [5.41, 5.74) is 7.03. The van der Waals surface area contributed by atoms with E-state index < -0.39 is 0 Å². The van der Waals surface area contributed by atoms with Crippen LogP contribution in [0.5, 0.6) is 0 Å². The van der Waals surface area contributed by atoms with Crippen LogP contribution in [0.2, 0.25) is 0 Å². The van der Waals surface area contributed by atoms with Crippen molar-refractivity contribution in [1.82, 2.24) is 10.3 Å². The molecule has 0 aromatic carbocycles. The molecule has 0 saturated heterocycles. The second kappa shape index (κ2) is 7.07. The van der Waals surface area contributed by atoms with Gasteiger partial charge in [-0.1, -0.05) is 0 Å². The van der Waals surface area contributed by atoms with Crippen LogP contribution in [0, 0.1) is 0 Å². The number of likely N-dealkylation sites (N-methyl/N-ethyl adjacent to an activating group) is 1. The first-order chi connectivity index (χ1) is 6.29. The van der Waals surface area contributed by atoms with Gasteiger partial charge in [-0.15, -0.1) is 34.0 Å². The quantitative estimate of drug-likeness (QED) is 0.730. The van der Waals surface area contributed by atoms with E-state index in [2.05, 4.69) is 17.2 Å². The van der Waals surface area contributed by atoms with E-state index in [1.165, 1.54) is 23.0 Å². The number of hydrogen-bond donors (Lipinski definition) is 2. The number of nitrogens with one attached hydrogen (secondary N) is 1. The van der Waals surface area contributed by atoms with Crippen LogP contribution in [-0.4, -0.2) is 32.1 Å². The van der Waals surface area contributed by atoms with Crippen LogP contribution < -0.4 is 11.1 Å². The van der Waals surface area contributed by atoms with E-state index in [9.17, 15) is 0 Å². The molecule has 1 aromatic heterocycles. The first kappa shape index (κ1) is 15.6. The van der Waals surface area contributed by atoms with Crippen molar-refractivity contribution in [3.05, 3.63) is 10.1 Å². The molecule has 0 aliphatic heterocycles. The Morgan fingerprint density at radius 3 is 2.93 bits per heavy atom. The zero-order valence-corrected chi connectivity index (χ0v) is 13.8. The van der Waals surface area contributed by atoms with Crippen molar-refractivity contribution in [2.45, 2.75) is 32.2 Å². The van der Waals surface area contributed by atoms with E-state index in [0.717, 1.165) is 17.7 Å². The third-order valence-electron chi connectivity index (χ3n) is 2.45.